The van der Waals surface area contributed by atoms with E-state index in [1.54, 1.807) is 31.4 Å². The van der Waals surface area contributed by atoms with Crippen molar-refractivity contribution in [3.8, 4) is 5.75 Å². The first-order valence-electron chi connectivity index (χ1n) is 9.04. The highest BCUT2D eigenvalue weighted by atomic mass is 32.1. The molecule has 0 fully saturated rings. The van der Waals surface area contributed by atoms with Gasteiger partial charge in [0.05, 0.1) is 12.7 Å². The van der Waals surface area contributed by atoms with Crippen molar-refractivity contribution in [3.05, 3.63) is 57.3 Å². The Hall–Kier alpha value is -3.20. The van der Waals surface area contributed by atoms with Gasteiger partial charge in [-0.05, 0) is 51.1 Å². The molecule has 1 amide bonds. The van der Waals surface area contributed by atoms with Crippen LogP contribution >= 0.6 is 11.3 Å². The maximum atomic E-state index is 12.4. The average molecular weight is 414 g/mol. The van der Waals surface area contributed by atoms with Crippen molar-refractivity contribution >= 4 is 28.9 Å². The van der Waals surface area contributed by atoms with Crippen molar-refractivity contribution in [1.29, 1.82) is 0 Å². The summed E-state index contributed by atoms with van der Waals surface area (Å²) in [5.74, 6) is -0.100. The first kappa shape index (κ1) is 20.5. The third-order valence-corrected chi connectivity index (χ3v) is 5.34. The van der Waals surface area contributed by atoms with Gasteiger partial charge in [-0.25, -0.2) is 4.79 Å². The molecule has 0 aliphatic heterocycles. The second-order valence-corrected chi connectivity index (χ2v) is 7.35. The molecule has 29 heavy (non-hydrogen) atoms. The van der Waals surface area contributed by atoms with Crippen molar-refractivity contribution in [1.82, 2.24) is 14.8 Å². The quantitative estimate of drug-likeness (QED) is 0.594. The zero-order valence-electron chi connectivity index (χ0n) is 16.7. The summed E-state index contributed by atoms with van der Waals surface area (Å²) in [6.07, 6.45) is 0. The molecule has 0 radical (unpaired) electrons. The molecule has 0 bridgehead atoms. The van der Waals surface area contributed by atoms with Crippen LogP contribution in [0.15, 0.2) is 30.3 Å². The van der Waals surface area contributed by atoms with Gasteiger partial charge in [0.25, 0.3) is 5.91 Å². The number of carbonyl (C=O) groups is 2. The molecule has 8 nitrogen and oxygen atoms in total. The monoisotopic (exact) mass is 414 g/mol. The number of aromatic nitrogens is 3. The summed E-state index contributed by atoms with van der Waals surface area (Å²) in [5, 5.41) is 11.2. The lowest BCUT2D eigenvalue weighted by Gasteiger charge is -2.06. The maximum absolute atomic E-state index is 12.4. The van der Waals surface area contributed by atoms with E-state index in [1.165, 1.54) is 0 Å². The van der Waals surface area contributed by atoms with E-state index in [0.29, 0.717) is 22.0 Å². The first-order valence-corrected chi connectivity index (χ1v) is 9.86. The molecule has 9 heteroatoms. The van der Waals surface area contributed by atoms with E-state index in [2.05, 4.69) is 15.5 Å². The van der Waals surface area contributed by atoms with Gasteiger partial charge < -0.3 is 19.4 Å². The number of carbonyl (C=O) groups excluding carboxylic acids is 2. The normalized spacial score (nSPS) is 10.6. The molecule has 0 atom stereocenters. The van der Waals surface area contributed by atoms with Gasteiger partial charge in [0.15, 0.2) is 5.01 Å². The zero-order chi connectivity index (χ0) is 21.0. The largest absolute Gasteiger partial charge is 0.497 e. The van der Waals surface area contributed by atoms with Crippen LogP contribution < -0.4 is 10.1 Å². The number of anilines is 1. The number of aryl methyl sites for hydroxylation is 1. The Morgan fingerprint density at radius 3 is 2.52 bits per heavy atom. The third kappa shape index (κ3) is 4.62. The molecule has 0 spiro atoms. The van der Waals surface area contributed by atoms with E-state index in [1.807, 2.05) is 31.4 Å². The lowest BCUT2D eigenvalue weighted by Crippen LogP contribution is -2.11. The van der Waals surface area contributed by atoms with Crippen LogP contribution in [0.1, 0.15) is 43.5 Å². The van der Waals surface area contributed by atoms with Crippen LogP contribution in [-0.4, -0.2) is 33.8 Å². The lowest BCUT2D eigenvalue weighted by atomic mass is 10.2. The Balaban J connectivity index is 1.59. The summed E-state index contributed by atoms with van der Waals surface area (Å²) >= 11 is 1.08. The summed E-state index contributed by atoms with van der Waals surface area (Å²) in [6.45, 7) is 6.61. The summed E-state index contributed by atoms with van der Waals surface area (Å²) in [6, 6.07) is 8.77. The van der Waals surface area contributed by atoms with Crippen LogP contribution in [0.3, 0.4) is 0 Å². The minimum atomic E-state index is -0.419. The summed E-state index contributed by atoms with van der Waals surface area (Å²) in [4.78, 5) is 24.7. The minimum absolute atomic E-state index is 0.0396. The van der Waals surface area contributed by atoms with E-state index < -0.39 is 5.97 Å². The average Bonchev–Trinajstić information content (AvgIpc) is 3.31. The summed E-state index contributed by atoms with van der Waals surface area (Å²) in [7, 11) is 1.57. The SMILES string of the molecule is CCn1c(C)cc(C(=O)OCc2nnc(C(=O)Nc3ccc(OC)cc3)s2)c1C. The smallest absolute Gasteiger partial charge is 0.340 e. The predicted molar refractivity (Wildman–Crippen MR) is 110 cm³/mol. The molecule has 2 heterocycles. The Kier molecular flexibility index (Phi) is 6.28. The fourth-order valence-corrected chi connectivity index (χ4v) is 3.61. The number of benzene rings is 1. The number of hydrogen-bond acceptors (Lipinski definition) is 7. The van der Waals surface area contributed by atoms with Crippen molar-refractivity contribution in [2.45, 2.75) is 33.9 Å². The molecular weight excluding hydrogens is 392 g/mol. The van der Waals surface area contributed by atoms with Gasteiger partial charge in [-0.2, -0.15) is 0 Å². The molecule has 0 unspecified atom stereocenters. The van der Waals surface area contributed by atoms with Gasteiger partial charge >= 0.3 is 5.97 Å². The fraction of sp³-hybridized carbons (Fsp3) is 0.300. The van der Waals surface area contributed by atoms with Crippen LogP contribution in [0.2, 0.25) is 0 Å². The maximum Gasteiger partial charge on any atom is 0.340 e. The molecule has 0 aliphatic rings. The van der Waals surface area contributed by atoms with Gasteiger partial charge in [0.1, 0.15) is 12.4 Å². The van der Waals surface area contributed by atoms with E-state index in [4.69, 9.17) is 9.47 Å². The number of nitrogens with one attached hydrogen (secondary N) is 1. The third-order valence-electron chi connectivity index (χ3n) is 4.45. The molecule has 1 N–H and O–H groups in total. The second-order valence-electron chi connectivity index (χ2n) is 6.29. The van der Waals surface area contributed by atoms with Gasteiger partial charge in [-0.3, -0.25) is 4.79 Å². The second kappa shape index (κ2) is 8.87. The van der Waals surface area contributed by atoms with Gasteiger partial charge in [-0.15, -0.1) is 10.2 Å². The lowest BCUT2D eigenvalue weighted by molar-refractivity contribution is 0.0470. The van der Waals surface area contributed by atoms with Gasteiger partial charge in [0.2, 0.25) is 5.01 Å². The first-order chi connectivity index (χ1) is 13.9. The molecule has 0 saturated carbocycles. The van der Waals surface area contributed by atoms with Crippen LogP contribution in [0, 0.1) is 13.8 Å². The highest BCUT2D eigenvalue weighted by Gasteiger charge is 2.18. The predicted octanol–water partition coefficient (Wildman–Crippen LogP) is 3.59. The summed E-state index contributed by atoms with van der Waals surface area (Å²) in [5.41, 5.74) is 3.02. The highest BCUT2D eigenvalue weighted by Crippen LogP contribution is 2.19. The Bertz CT molecular complexity index is 1020. The van der Waals surface area contributed by atoms with Crippen molar-refractivity contribution < 1.29 is 19.1 Å². The zero-order valence-corrected chi connectivity index (χ0v) is 17.5. The molecule has 0 saturated heterocycles. The number of rotatable bonds is 7. The Morgan fingerprint density at radius 1 is 1.17 bits per heavy atom. The Morgan fingerprint density at radius 2 is 1.90 bits per heavy atom. The van der Waals surface area contributed by atoms with Crippen LogP contribution in [-0.2, 0) is 17.9 Å². The van der Waals surface area contributed by atoms with Crippen LogP contribution in [0.25, 0.3) is 0 Å². The van der Waals surface area contributed by atoms with Crippen LogP contribution in [0.4, 0.5) is 5.69 Å². The van der Waals surface area contributed by atoms with Gasteiger partial charge in [-0.1, -0.05) is 11.3 Å². The van der Waals surface area contributed by atoms with Gasteiger partial charge in [0, 0.05) is 23.6 Å². The minimum Gasteiger partial charge on any atom is -0.497 e. The standard InChI is InChI=1S/C20H22N4O4S/c1-5-24-12(2)10-16(13(24)3)20(26)28-11-17-22-23-19(29-17)18(25)21-14-6-8-15(27-4)9-7-14/h6-10H,5,11H2,1-4H3,(H,21,25). The van der Waals surface area contributed by atoms with E-state index >= 15 is 0 Å². The molecule has 0 aliphatic carbocycles. The molecule has 2 aromatic heterocycles. The molecule has 152 valence electrons. The van der Waals surface area contributed by atoms with E-state index in [-0.39, 0.29) is 17.5 Å². The number of esters is 1. The Labute approximate surface area is 172 Å². The van der Waals surface area contributed by atoms with E-state index in [9.17, 15) is 9.59 Å². The summed E-state index contributed by atoms with van der Waals surface area (Å²) < 4.78 is 12.5. The van der Waals surface area contributed by atoms with Crippen LogP contribution in [0.5, 0.6) is 5.75 Å². The van der Waals surface area contributed by atoms with Crippen molar-refractivity contribution in [2.75, 3.05) is 12.4 Å². The topological polar surface area (TPSA) is 95.3 Å². The number of hydrogen-bond donors (Lipinski definition) is 1. The van der Waals surface area contributed by atoms with Crippen molar-refractivity contribution in [2.24, 2.45) is 0 Å². The molecule has 3 rings (SSSR count). The number of methoxy groups -OCH3 is 1. The molecule has 3 aromatic rings. The number of amides is 1. The molecular formula is C20H22N4O4S. The number of nitrogens with zero attached hydrogens (tertiary/aromatic N) is 3. The highest BCUT2D eigenvalue weighted by molar-refractivity contribution is 7.13. The van der Waals surface area contributed by atoms with E-state index in [0.717, 1.165) is 29.3 Å². The number of ether oxygens (including phenoxy) is 2. The molecule has 1 aromatic carbocycles. The fourth-order valence-electron chi connectivity index (χ4n) is 2.96. The van der Waals surface area contributed by atoms with Crippen molar-refractivity contribution in [3.63, 3.8) is 0 Å².